The molecule has 0 aliphatic carbocycles. The number of carbonyl (C=O) groups excluding carboxylic acids is 2. The average molecular weight is 318 g/mol. The minimum Gasteiger partial charge on any atom is -0.389 e. The van der Waals surface area contributed by atoms with E-state index in [-0.39, 0.29) is 24.4 Å². The molecule has 6 nitrogen and oxygen atoms in total. The molecule has 23 heavy (non-hydrogen) atoms. The first-order valence-electron chi connectivity index (χ1n) is 7.91. The number of ether oxygens (including phenoxy) is 1. The van der Waals surface area contributed by atoms with Crippen LogP contribution in [0.2, 0.25) is 0 Å². The Kier molecular flexibility index (Phi) is 4.37. The molecule has 0 radical (unpaired) electrons. The fourth-order valence-electron chi connectivity index (χ4n) is 2.93. The summed E-state index contributed by atoms with van der Waals surface area (Å²) in [6.45, 7) is 3.43. The summed E-state index contributed by atoms with van der Waals surface area (Å²) in [5.41, 5.74) is 0.123. The quantitative estimate of drug-likeness (QED) is 0.846. The van der Waals surface area contributed by atoms with Gasteiger partial charge in [0.1, 0.15) is 0 Å². The molecule has 0 unspecified atom stereocenters. The Bertz CT molecular complexity index is 586. The Hall–Kier alpha value is -1.92. The third-order valence-electron chi connectivity index (χ3n) is 4.60. The maximum Gasteiger partial charge on any atom is 0.253 e. The first kappa shape index (κ1) is 16.0. The van der Waals surface area contributed by atoms with E-state index in [1.54, 1.807) is 17.0 Å². The average Bonchev–Trinajstić information content (AvgIpc) is 2.54. The molecule has 2 aliphatic heterocycles. The number of benzene rings is 1. The Morgan fingerprint density at radius 3 is 2.57 bits per heavy atom. The molecule has 2 aliphatic rings. The molecule has 124 valence electrons. The van der Waals surface area contributed by atoms with Gasteiger partial charge in [0.05, 0.1) is 30.8 Å². The van der Waals surface area contributed by atoms with Gasteiger partial charge in [-0.3, -0.25) is 9.59 Å². The molecular weight excluding hydrogens is 296 g/mol. The van der Waals surface area contributed by atoms with Crippen LogP contribution >= 0.6 is 0 Å². The molecule has 0 aromatic heterocycles. The second kappa shape index (κ2) is 6.29. The number of β-amino-alcohol motifs (C(OH)–C–C–N with tert-alkyl or cyclic N) is 1. The van der Waals surface area contributed by atoms with Crippen molar-refractivity contribution in [1.29, 1.82) is 0 Å². The Morgan fingerprint density at radius 2 is 2.00 bits per heavy atom. The monoisotopic (exact) mass is 318 g/mol. The van der Waals surface area contributed by atoms with Crippen molar-refractivity contribution in [3.05, 3.63) is 35.9 Å². The zero-order valence-electron chi connectivity index (χ0n) is 13.2. The number of amides is 2. The Morgan fingerprint density at radius 1 is 1.30 bits per heavy atom. The van der Waals surface area contributed by atoms with E-state index in [1.165, 1.54) is 0 Å². The van der Waals surface area contributed by atoms with Gasteiger partial charge < -0.3 is 20.1 Å². The van der Waals surface area contributed by atoms with Gasteiger partial charge in [0.25, 0.3) is 5.91 Å². The highest BCUT2D eigenvalue weighted by atomic mass is 16.5. The van der Waals surface area contributed by atoms with Crippen LogP contribution in [0.5, 0.6) is 0 Å². The second-order valence-corrected chi connectivity index (χ2v) is 6.61. The van der Waals surface area contributed by atoms with Crippen molar-refractivity contribution >= 4 is 11.8 Å². The highest BCUT2D eigenvalue weighted by Gasteiger charge is 2.43. The van der Waals surface area contributed by atoms with Gasteiger partial charge in [-0.2, -0.15) is 0 Å². The van der Waals surface area contributed by atoms with Gasteiger partial charge >= 0.3 is 0 Å². The van der Waals surface area contributed by atoms with Crippen molar-refractivity contribution in [2.75, 3.05) is 26.3 Å². The van der Waals surface area contributed by atoms with Crippen LogP contribution in [0.15, 0.2) is 30.3 Å². The fraction of sp³-hybridized carbons (Fsp3) is 0.529. The summed E-state index contributed by atoms with van der Waals surface area (Å²) in [7, 11) is 0. The van der Waals surface area contributed by atoms with E-state index >= 15 is 0 Å². The van der Waals surface area contributed by atoms with Crippen molar-refractivity contribution in [3.8, 4) is 0 Å². The van der Waals surface area contributed by atoms with Crippen LogP contribution in [-0.2, 0) is 9.53 Å². The molecule has 2 heterocycles. The molecule has 2 atom stereocenters. The highest BCUT2D eigenvalue weighted by molar-refractivity contribution is 5.94. The van der Waals surface area contributed by atoms with E-state index in [9.17, 15) is 14.7 Å². The van der Waals surface area contributed by atoms with E-state index in [1.807, 2.05) is 25.1 Å². The van der Waals surface area contributed by atoms with Crippen LogP contribution in [0.25, 0.3) is 0 Å². The second-order valence-electron chi connectivity index (χ2n) is 6.61. The van der Waals surface area contributed by atoms with Gasteiger partial charge in [-0.25, -0.2) is 0 Å². The summed E-state index contributed by atoms with van der Waals surface area (Å²) in [5.74, 6) is -0.176. The summed E-state index contributed by atoms with van der Waals surface area (Å²) < 4.78 is 5.10. The number of carbonyl (C=O) groups is 2. The number of hydrogen-bond acceptors (Lipinski definition) is 4. The number of aliphatic hydroxyl groups excluding tert-OH is 1. The number of piperidine rings is 1. The lowest BCUT2D eigenvalue weighted by Crippen LogP contribution is -2.60. The number of hydrogen-bond donors (Lipinski definition) is 2. The zero-order chi connectivity index (χ0) is 16.4. The van der Waals surface area contributed by atoms with Crippen LogP contribution in [0.4, 0.5) is 0 Å². The standard InChI is InChI=1S/C17H22N2O4/c1-17(10-23-11-17)16(22)18-13-7-8-19(9-14(13)20)15(21)12-5-3-2-4-6-12/h2-6,13-14,20H,7-11H2,1H3,(H,18,22)/t13-,14-/m1/s1. The van der Waals surface area contributed by atoms with Crippen LogP contribution in [0.1, 0.15) is 23.7 Å². The molecule has 0 spiro atoms. The minimum absolute atomic E-state index is 0.0874. The number of rotatable bonds is 3. The van der Waals surface area contributed by atoms with Crippen LogP contribution in [0.3, 0.4) is 0 Å². The van der Waals surface area contributed by atoms with E-state index < -0.39 is 11.5 Å². The first-order chi connectivity index (χ1) is 11.0. The number of aliphatic hydroxyl groups is 1. The molecule has 2 fully saturated rings. The smallest absolute Gasteiger partial charge is 0.253 e. The van der Waals surface area contributed by atoms with Gasteiger partial charge in [-0.15, -0.1) is 0 Å². The topological polar surface area (TPSA) is 78.9 Å². The molecule has 0 bridgehead atoms. The van der Waals surface area contributed by atoms with Crippen molar-refractivity contribution < 1.29 is 19.4 Å². The van der Waals surface area contributed by atoms with Crippen molar-refractivity contribution in [2.45, 2.75) is 25.5 Å². The molecule has 3 rings (SSSR count). The van der Waals surface area contributed by atoms with Crippen molar-refractivity contribution in [1.82, 2.24) is 10.2 Å². The van der Waals surface area contributed by atoms with E-state index in [0.717, 1.165) is 0 Å². The predicted molar refractivity (Wildman–Crippen MR) is 83.8 cm³/mol. The fourth-order valence-corrected chi connectivity index (χ4v) is 2.93. The summed E-state index contributed by atoms with van der Waals surface area (Å²) in [5, 5.41) is 13.2. The molecule has 0 saturated carbocycles. The summed E-state index contributed by atoms with van der Waals surface area (Å²) >= 11 is 0. The molecule has 2 saturated heterocycles. The maximum atomic E-state index is 12.4. The molecule has 1 aromatic rings. The molecule has 6 heteroatoms. The van der Waals surface area contributed by atoms with Gasteiger partial charge in [0, 0.05) is 18.7 Å². The largest absolute Gasteiger partial charge is 0.389 e. The van der Waals surface area contributed by atoms with E-state index in [2.05, 4.69) is 5.32 Å². The number of nitrogens with one attached hydrogen (secondary N) is 1. The summed E-state index contributed by atoms with van der Waals surface area (Å²) in [6, 6.07) is 8.70. The van der Waals surface area contributed by atoms with Gasteiger partial charge in [-0.05, 0) is 25.5 Å². The van der Waals surface area contributed by atoms with Gasteiger partial charge in [0.15, 0.2) is 0 Å². The van der Waals surface area contributed by atoms with E-state index in [0.29, 0.717) is 31.7 Å². The zero-order valence-corrected chi connectivity index (χ0v) is 13.2. The van der Waals surface area contributed by atoms with Crippen molar-refractivity contribution in [3.63, 3.8) is 0 Å². The first-order valence-corrected chi connectivity index (χ1v) is 7.91. The lowest BCUT2D eigenvalue weighted by Gasteiger charge is -2.40. The molecule has 1 aromatic carbocycles. The number of likely N-dealkylation sites (tertiary alicyclic amines) is 1. The van der Waals surface area contributed by atoms with Gasteiger partial charge in [0.2, 0.25) is 5.91 Å². The normalized spacial score (nSPS) is 26.3. The lowest BCUT2D eigenvalue weighted by molar-refractivity contribution is -0.159. The summed E-state index contributed by atoms with van der Waals surface area (Å²) in [6.07, 6.45) is -0.215. The van der Waals surface area contributed by atoms with Crippen LogP contribution in [-0.4, -0.2) is 60.3 Å². The third-order valence-corrected chi connectivity index (χ3v) is 4.60. The molecule has 2 N–H and O–H groups in total. The maximum absolute atomic E-state index is 12.4. The molecule has 2 amide bonds. The van der Waals surface area contributed by atoms with Gasteiger partial charge in [-0.1, -0.05) is 18.2 Å². The Balaban J connectivity index is 1.57. The molecular formula is C17H22N2O4. The SMILES string of the molecule is CC1(C(=O)N[C@@H]2CCN(C(=O)c3ccccc3)C[C@H]2O)COC1. The third kappa shape index (κ3) is 3.23. The Labute approximate surface area is 135 Å². The van der Waals surface area contributed by atoms with Crippen molar-refractivity contribution in [2.24, 2.45) is 5.41 Å². The van der Waals surface area contributed by atoms with Crippen LogP contribution < -0.4 is 5.32 Å². The summed E-state index contributed by atoms with van der Waals surface area (Å²) in [4.78, 5) is 26.3. The minimum atomic E-state index is -0.759. The highest BCUT2D eigenvalue weighted by Crippen LogP contribution is 2.27. The van der Waals surface area contributed by atoms with Crippen LogP contribution in [0, 0.1) is 5.41 Å². The van der Waals surface area contributed by atoms with E-state index in [4.69, 9.17) is 4.74 Å². The predicted octanol–water partition coefficient (Wildman–Crippen LogP) is 0.415. The lowest BCUT2D eigenvalue weighted by atomic mass is 9.86. The number of nitrogens with zero attached hydrogens (tertiary/aromatic N) is 1.